The van der Waals surface area contributed by atoms with E-state index in [2.05, 4.69) is 10.3 Å². The lowest BCUT2D eigenvalue weighted by Gasteiger charge is -2.01. The Hall–Kier alpha value is -0.900. The molecule has 0 unspecified atom stereocenters. The van der Waals surface area contributed by atoms with Crippen LogP contribution in [0.15, 0.2) is 0 Å². The Bertz CT molecular complexity index is 320. The molecule has 1 rings (SSSR count). The summed E-state index contributed by atoms with van der Waals surface area (Å²) >= 11 is 1.60. The molecule has 0 aliphatic heterocycles. The molecule has 78 valence electrons. The quantitative estimate of drug-likeness (QED) is 0.827. The van der Waals surface area contributed by atoms with E-state index in [1.165, 1.54) is 0 Å². The molecule has 3 nitrogen and oxygen atoms in total. The van der Waals surface area contributed by atoms with Gasteiger partial charge < -0.3 is 5.32 Å². The Balaban J connectivity index is 2.51. The monoisotopic (exact) mass is 212 g/mol. The third-order valence-corrected chi connectivity index (χ3v) is 2.97. The van der Waals surface area contributed by atoms with E-state index in [-0.39, 0.29) is 5.91 Å². The first-order valence-electron chi connectivity index (χ1n) is 4.83. The molecule has 14 heavy (non-hydrogen) atoms. The smallest absolute Gasteiger partial charge is 0.225 e. The molecular formula is C10H16N2OS. The second-order valence-electron chi connectivity index (χ2n) is 3.27. The Kier molecular flexibility index (Phi) is 4.07. The van der Waals surface area contributed by atoms with Crippen LogP contribution in [0, 0.1) is 13.8 Å². The Morgan fingerprint density at radius 2 is 2.21 bits per heavy atom. The van der Waals surface area contributed by atoms with Crippen molar-refractivity contribution >= 4 is 17.2 Å². The van der Waals surface area contributed by atoms with Gasteiger partial charge in [0, 0.05) is 11.4 Å². The third-order valence-electron chi connectivity index (χ3n) is 1.89. The van der Waals surface area contributed by atoms with Crippen molar-refractivity contribution in [2.75, 3.05) is 6.54 Å². The number of nitrogens with zero attached hydrogens (tertiary/aromatic N) is 1. The number of aromatic nitrogens is 1. The van der Waals surface area contributed by atoms with Crippen LogP contribution in [0.2, 0.25) is 0 Å². The van der Waals surface area contributed by atoms with Crippen LogP contribution >= 0.6 is 11.3 Å². The van der Waals surface area contributed by atoms with Gasteiger partial charge in [0.2, 0.25) is 5.91 Å². The van der Waals surface area contributed by atoms with Gasteiger partial charge >= 0.3 is 0 Å². The van der Waals surface area contributed by atoms with E-state index in [4.69, 9.17) is 0 Å². The fourth-order valence-electron chi connectivity index (χ4n) is 1.21. The maximum absolute atomic E-state index is 11.4. The summed E-state index contributed by atoms with van der Waals surface area (Å²) in [7, 11) is 0. The van der Waals surface area contributed by atoms with E-state index in [1.807, 2.05) is 20.8 Å². The molecule has 0 aliphatic rings. The maximum atomic E-state index is 11.4. The molecule has 0 spiro atoms. The first kappa shape index (κ1) is 11.2. The molecule has 0 saturated heterocycles. The third kappa shape index (κ3) is 3.10. The Labute approximate surface area is 88.6 Å². The predicted octanol–water partition coefficient (Wildman–Crippen LogP) is 1.83. The van der Waals surface area contributed by atoms with Crippen LogP contribution < -0.4 is 5.32 Å². The number of carbonyl (C=O) groups excluding carboxylic acids is 1. The standard InChI is InChI=1S/C10H16N2OS/c1-4-5-11-10(13)6-9-7(2)12-8(3)14-9/h4-6H2,1-3H3,(H,11,13). The Morgan fingerprint density at radius 3 is 2.71 bits per heavy atom. The highest BCUT2D eigenvalue weighted by molar-refractivity contribution is 7.11. The van der Waals surface area contributed by atoms with E-state index in [0.717, 1.165) is 28.5 Å². The van der Waals surface area contributed by atoms with Crippen molar-refractivity contribution in [3.05, 3.63) is 15.6 Å². The minimum Gasteiger partial charge on any atom is -0.356 e. The molecule has 1 N–H and O–H groups in total. The average molecular weight is 212 g/mol. The molecule has 0 aromatic carbocycles. The van der Waals surface area contributed by atoms with Gasteiger partial charge in [-0.05, 0) is 20.3 Å². The van der Waals surface area contributed by atoms with Gasteiger partial charge in [0.05, 0.1) is 17.1 Å². The second-order valence-corrected chi connectivity index (χ2v) is 4.56. The van der Waals surface area contributed by atoms with Crippen molar-refractivity contribution in [2.45, 2.75) is 33.6 Å². The van der Waals surface area contributed by atoms with Gasteiger partial charge in [0.15, 0.2) is 0 Å². The zero-order chi connectivity index (χ0) is 10.6. The van der Waals surface area contributed by atoms with E-state index >= 15 is 0 Å². The molecule has 1 aromatic heterocycles. The normalized spacial score (nSPS) is 10.2. The largest absolute Gasteiger partial charge is 0.356 e. The number of aryl methyl sites for hydroxylation is 2. The molecule has 0 bridgehead atoms. The van der Waals surface area contributed by atoms with Crippen molar-refractivity contribution in [1.82, 2.24) is 10.3 Å². The molecule has 0 saturated carbocycles. The molecular weight excluding hydrogens is 196 g/mol. The summed E-state index contributed by atoms with van der Waals surface area (Å²) < 4.78 is 0. The number of hydrogen-bond acceptors (Lipinski definition) is 3. The SMILES string of the molecule is CCCNC(=O)Cc1sc(C)nc1C. The fraction of sp³-hybridized carbons (Fsp3) is 0.600. The summed E-state index contributed by atoms with van der Waals surface area (Å²) in [5.74, 6) is 0.0959. The molecule has 1 heterocycles. The zero-order valence-electron chi connectivity index (χ0n) is 8.89. The second kappa shape index (κ2) is 5.10. The first-order valence-corrected chi connectivity index (χ1v) is 5.64. The van der Waals surface area contributed by atoms with E-state index < -0.39 is 0 Å². The summed E-state index contributed by atoms with van der Waals surface area (Å²) in [5.41, 5.74) is 0.985. The highest BCUT2D eigenvalue weighted by Gasteiger charge is 2.08. The van der Waals surface area contributed by atoms with Gasteiger partial charge in [-0.25, -0.2) is 4.98 Å². The number of amides is 1. The lowest BCUT2D eigenvalue weighted by molar-refractivity contribution is -0.120. The molecule has 0 aliphatic carbocycles. The maximum Gasteiger partial charge on any atom is 0.225 e. The van der Waals surface area contributed by atoms with Gasteiger partial charge in [-0.15, -0.1) is 11.3 Å². The van der Waals surface area contributed by atoms with Crippen LogP contribution in [0.1, 0.15) is 28.9 Å². The van der Waals surface area contributed by atoms with Crippen molar-refractivity contribution in [1.29, 1.82) is 0 Å². The zero-order valence-corrected chi connectivity index (χ0v) is 9.70. The highest BCUT2D eigenvalue weighted by atomic mass is 32.1. The van der Waals surface area contributed by atoms with E-state index in [0.29, 0.717) is 6.42 Å². The van der Waals surface area contributed by atoms with Gasteiger partial charge in [0.1, 0.15) is 0 Å². The highest BCUT2D eigenvalue weighted by Crippen LogP contribution is 2.17. The molecule has 0 atom stereocenters. The van der Waals surface area contributed by atoms with E-state index in [9.17, 15) is 4.79 Å². The lowest BCUT2D eigenvalue weighted by atomic mass is 10.3. The summed E-state index contributed by atoms with van der Waals surface area (Å²) in [6, 6.07) is 0. The molecule has 1 aromatic rings. The van der Waals surface area contributed by atoms with Gasteiger partial charge in [-0.2, -0.15) is 0 Å². The van der Waals surface area contributed by atoms with Crippen LogP contribution in [-0.4, -0.2) is 17.4 Å². The fourth-order valence-corrected chi connectivity index (χ4v) is 2.15. The van der Waals surface area contributed by atoms with Crippen molar-refractivity contribution in [2.24, 2.45) is 0 Å². The minimum absolute atomic E-state index is 0.0959. The topological polar surface area (TPSA) is 42.0 Å². The van der Waals surface area contributed by atoms with Crippen LogP contribution in [0.3, 0.4) is 0 Å². The summed E-state index contributed by atoms with van der Waals surface area (Å²) in [6.45, 7) is 6.72. The van der Waals surface area contributed by atoms with Crippen LogP contribution in [0.4, 0.5) is 0 Å². The summed E-state index contributed by atoms with van der Waals surface area (Å²) in [5, 5.41) is 3.89. The predicted molar refractivity (Wildman–Crippen MR) is 58.6 cm³/mol. The number of thiazole rings is 1. The van der Waals surface area contributed by atoms with Gasteiger partial charge in [-0.3, -0.25) is 4.79 Å². The average Bonchev–Trinajstić information content (AvgIpc) is 2.42. The number of rotatable bonds is 4. The number of carbonyl (C=O) groups is 1. The first-order chi connectivity index (χ1) is 6.63. The summed E-state index contributed by atoms with van der Waals surface area (Å²) in [6.07, 6.45) is 1.45. The van der Waals surface area contributed by atoms with Crippen molar-refractivity contribution < 1.29 is 4.79 Å². The number of hydrogen-bond donors (Lipinski definition) is 1. The minimum atomic E-state index is 0.0959. The van der Waals surface area contributed by atoms with Gasteiger partial charge in [-0.1, -0.05) is 6.92 Å². The van der Waals surface area contributed by atoms with E-state index in [1.54, 1.807) is 11.3 Å². The molecule has 0 fully saturated rings. The van der Waals surface area contributed by atoms with Gasteiger partial charge in [0.25, 0.3) is 0 Å². The van der Waals surface area contributed by atoms with Crippen LogP contribution in [0.25, 0.3) is 0 Å². The van der Waals surface area contributed by atoms with Crippen LogP contribution in [0.5, 0.6) is 0 Å². The van der Waals surface area contributed by atoms with Crippen molar-refractivity contribution in [3.63, 3.8) is 0 Å². The Morgan fingerprint density at radius 1 is 1.50 bits per heavy atom. The van der Waals surface area contributed by atoms with Crippen molar-refractivity contribution in [3.8, 4) is 0 Å². The number of nitrogens with one attached hydrogen (secondary N) is 1. The molecule has 0 radical (unpaired) electrons. The van der Waals surface area contributed by atoms with Crippen LogP contribution in [-0.2, 0) is 11.2 Å². The lowest BCUT2D eigenvalue weighted by Crippen LogP contribution is -2.25. The molecule has 4 heteroatoms. The summed E-state index contributed by atoms with van der Waals surface area (Å²) in [4.78, 5) is 16.8. The molecule has 1 amide bonds.